The molecule has 242 valence electrons. The van der Waals surface area contributed by atoms with E-state index in [9.17, 15) is 18.0 Å². The molecule has 45 heavy (non-hydrogen) atoms. The van der Waals surface area contributed by atoms with E-state index in [-0.39, 0.29) is 43.8 Å². The summed E-state index contributed by atoms with van der Waals surface area (Å²) in [4.78, 5) is 29.7. The average molecular weight is 636 g/mol. The lowest BCUT2D eigenvalue weighted by atomic mass is 10.0. The maximum atomic E-state index is 14.1. The minimum Gasteiger partial charge on any atom is -0.497 e. The lowest BCUT2D eigenvalue weighted by Crippen LogP contribution is -2.52. The van der Waals surface area contributed by atoms with E-state index in [0.717, 1.165) is 43.1 Å². The van der Waals surface area contributed by atoms with Gasteiger partial charge in [-0.05, 0) is 61.6 Å². The Bertz CT molecular complexity index is 1510. The van der Waals surface area contributed by atoms with Crippen LogP contribution in [0.2, 0.25) is 0 Å². The van der Waals surface area contributed by atoms with Crippen LogP contribution in [0, 0.1) is 0 Å². The fourth-order valence-corrected chi connectivity index (χ4v) is 6.78. The van der Waals surface area contributed by atoms with Gasteiger partial charge in [-0.1, -0.05) is 67.4 Å². The zero-order valence-corrected chi connectivity index (χ0v) is 27.3. The molecular weight excluding hydrogens is 590 g/mol. The molecule has 1 saturated carbocycles. The van der Waals surface area contributed by atoms with Gasteiger partial charge in [0.25, 0.3) is 0 Å². The second-order valence-corrected chi connectivity index (χ2v) is 13.3. The molecule has 0 saturated heterocycles. The van der Waals surface area contributed by atoms with Gasteiger partial charge in [0.2, 0.25) is 21.8 Å². The number of methoxy groups -OCH3 is 1. The van der Waals surface area contributed by atoms with Gasteiger partial charge >= 0.3 is 0 Å². The molecule has 3 aromatic rings. The number of nitrogens with one attached hydrogen (secondary N) is 1. The number of carbonyl (C=O) groups is 2. The second-order valence-electron chi connectivity index (χ2n) is 11.4. The van der Waals surface area contributed by atoms with E-state index >= 15 is 0 Å². The quantitative estimate of drug-likeness (QED) is 0.228. The van der Waals surface area contributed by atoms with Crippen molar-refractivity contribution in [2.75, 3.05) is 30.8 Å². The normalized spacial score (nSPS) is 14.0. The van der Waals surface area contributed by atoms with E-state index in [4.69, 9.17) is 9.47 Å². The molecule has 9 nitrogen and oxygen atoms in total. The fraction of sp³-hybridized carbons (Fsp3) is 0.429. The van der Waals surface area contributed by atoms with Crippen LogP contribution >= 0.6 is 0 Å². The molecule has 0 unspecified atom stereocenters. The Morgan fingerprint density at radius 2 is 1.64 bits per heavy atom. The van der Waals surface area contributed by atoms with E-state index in [2.05, 4.69) is 5.32 Å². The Hall–Kier alpha value is -4.05. The number of hydrogen-bond acceptors (Lipinski definition) is 6. The van der Waals surface area contributed by atoms with Crippen molar-refractivity contribution in [2.45, 2.75) is 70.5 Å². The molecular formula is C35H45N3O6S. The van der Waals surface area contributed by atoms with E-state index in [1.807, 2.05) is 61.5 Å². The summed E-state index contributed by atoms with van der Waals surface area (Å²) in [5.41, 5.74) is 2.21. The van der Waals surface area contributed by atoms with Crippen molar-refractivity contribution in [2.24, 2.45) is 0 Å². The average Bonchev–Trinajstić information content (AvgIpc) is 3.54. The predicted octanol–water partition coefficient (Wildman–Crippen LogP) is 5.34. The minimum atomic E-state index is -3.67. The number of hydrogen-bond donors (Lipinski definition) is 1. The number of amides is 2. The maximum absolute atomic E-state index is 14.1. The highest BCUT2D eigenvalue weighted by molar-refractivity contribution is 7.92. The molecule has 0 radical (unpaired) electrons. The van der Waals surface area contributed by atoms with E-state index in [1.54, 1.807) is 36.3 Å². The van der Waals surface area contributed by atoms with Crippen LogP contribution < -0.4 is 19.1 Å². The van der Waals surface area contributed by atoms with Crippen LogP contribution in [0.15, 0.2) is 78.9 Å². The number of benzene rings is 3. The predicted molar refractivity (Wildman–Crippen MR) is 177 cm³/mol. The molecule has 0 heterocycles. The summed E-state index contributed by atoms with van der Waals surface area (Å²) >= 11 is 0. The number of ether oxygens (including phenoxy) is 2. The summed E-state index contributed by atoms with van der Waals surface area (Å²) in [6.07, 6.45) is 5.81. The van der Waals surface area contributed by atoms with Crippen molar-refractivity contribution in [3.05, 3.63) is 90.0 Å². The molecule has 3 aromatic carbocycles. The lowest BCUT2D eigenvalue weighted by Gasteiger charge is -2.33. The summed E-state index contributed by atoms with van der Waals surface area (Å²) in [6.45, 7) is 2.51. The molecule has 0 aliphatic heterocycles. The molecule has 4 rings (SSSR count). The largest absolute Gasteiger partial charge is 0.497 e. The summed E-state index contributed by atoms with van der Waals surface area (Å²) in [7, 11) is -2.08. The molecule has 1 aliphatic rings. The van der Waals surface area contributed by atoms with Crippen molar-refractivity contribution >= 4 is 27.5 Å². The third kappa shape index (κ3) is 9.72. The number of carbonyl (C=O) groups excluding carboxylic acids is 2. The van der Waals surface area contributed by atoms with Crippen LogP contribution in [-0.4, -0.2) is 63.7 Å². The van der Waals surface area contributed by atoms with Gasteiger partial charge in [-0.25, -0.2) is 8.42 Å². The first-order chi connectivity index (χ1) is 21.7. The Labute approximate surface area is 267 Å². The third-order valence-corrected chi connectivity index (χ3v) is 9.23. The summed E-state index contributed by atoms with van der Waals surface area (Å²) in [6, 6.07) is 23.5. The van der Waals surface area contributed by atoms with Gasteiger partial charge in [-0.2, -0.15) is 0 Å². The number of sulfonamides is 1. The third-order valence-electron chi connectivity index (χ3n) is 8.05. The molecule has 0 spiro atoms. The Kier molecular flexibility index (Phi) is 12.3. The van der Waals surface area contributed by atoms with Crippen LogP contribution in [-0.2, 0) is 32.6 Å². The van der Waals surface area contributed by atoms with Gasteiger partial charge in [0, 0.05) is 32.0 Å². The number of para-hydroxylation sites is 2. The van der Waals surface area contributed by atoms with Crippen LogP contribution in [0.3, 0.4) is 0 Å². The van der Waals surface area contributed by atoms with E-state index in [0.29, 0.717) is 30.2 Å². The number of nitrogens with zero attached hydrogens (tertiary/aromatic N) is 2. The molecule has 1 aliphatic carbocycles. The summed E-state index contributed by atoms with van der Waals surface area (Å²) in [5.74, 6) is 0.715. The molecule has 10 heteroatoms. The lowest BCUT2D eigenvalue weighted by molar-refractivity contribution is -0.141. The van der Waals surface area contributed by atoms with Crippen LogP contribution in [0.1, 0.15) is 56.6 Å². The SMILES string of the molecule is CCOc1ccccc1N(CCCC(=O)N(Cc1cccc(OC)c1)[C@H](Cc1ccccc1)C(=O)NC1CCCC1)S(C)(=O)=O. The molecule has 1 N–H and O–H groups in total. The smallest absolute Gasteiger partial charge is 0.243 e. The van der Waals surface area contributed by atoms with Gasteiger partial charge in [0.15, 0.2) is 0 Å². The summed E-state index contributed by atoms with van der Waals surface area (Å²) in [5, 5.41) is 3.22. The Morgan fingerprint density at radius 1 is 0.956 bits per heavy atom. The van der Waals surface area contributed by atoms with Crippen molar-refractivity contribution in [1.82, 2.24) is 10.2 Å². The highest BCUT2D eigenvalue weighted by Gasteiger charge is 2.32. The van der Waals surface area contributed by atoms with Gasteiger partial charge in [0.1, 0.15) is 17.5 Å². The summed E-state index contributed by atoms with van der Waals surface area (Å²) < 4.78 is 38.2. The standard InChI is InChI=1S/C35H45N3O6S/c1-4-44-33-21-11-10-20-31(33)38(45(3,41)42)23-13-22-34(39)37(26-28-16-12-19-30(24-28)43-2)32(25-27-14-6-5-7-15-27)35(40)36-29-17-8-9-18-29/h5-7,10-12,14-16,19-21,24,29,32H,4,8-9,13,17-18,22-23,25-26H2,1-3H3,(H,36,40)/t32-/m1/s1. The Balaban J connectivity index is 1.61. The van der Waals surface area contributed by atoms with Crippen molar-refractivity contribution in [3.8, 4) is 11.5 Å². The van der Waals surface area contributed by atoms with E-state index in [1.165, 1.54) is 4.31 Å². The van der Waals surface area contributed by atoms with Gasteiger partial charge in [-0.3, -0.25) is 13.9 Å². The van der Waals surface area contributed by atoms with Crippen molar-refractivity contribution in [3.63, 3.8) is 0 Å². The van der Waals surface area contributed by atoms with Gasteiger partial charge in [-0.15, -0.1) is 0 Å². The van der Waals surface area contributed by atoms with Gasteiger partial charge < -0.3 is 19.7 Å². The van der Waals surface area contributed by atoms with Crippen molar-refractivity contribution in [1.29, 1.82) is 0 Å². The molecule has 0 bridgehead atoms. The zero-order chi connectivity index (χ0) is 32.2. The molecule has 1 fully saturated rings. The maximum Gasteiger partial charge on any atom is 0.243 e. The zero-order valence-electron chi connectivity index (χ0n) is 26.5. The van der Waals surface area contributed by atoms with Crippen LogP contribution in [0.4, 0.5) is 5.69 Å². The highest BCUT2D eigenvalue weighted by atomic mass is 32.2. The Morgan fingerprint density at radius 3 is 2.33 bits per heavy atom. The van der Waals surface area contributed by atoms with Crippen LogP contribution in [0.25, 0.3) is 0 Å². The number of rotatable bonds is 16. The highest BCUT2D eigenvalue weighted by Crippen LogP contribution is 2.30. The topological polar surface area (TPSA) is 105 Å². The minimum absolute atomic E-state index is 0.0504. The monoisotopic (exact) mass is 635 g/mol. The first kappa shape index (κ1) is 33.8. The van der Waals surface area contributed by atoms with Crippen molar-refractivity contribution < 1.29 is 27.5 Å². The fourth-order valence-electron chi connectivity index (χ4n) is 5.81. The first-order valence-corrected chi connectivity index (χ1v) is 17.5. The van der Waals surface area contributed by atoms with Gasteiger partial charge in [0.05, 0.1) is 25.7 Å². The number of anilines is 1. The first-order valence-electron chi connectivity index (χ1n) is 15.7. The molecule has 2 amide bonds. The molecule has 0 aromatic heterocycles. The van der Waals surface area contributed by atoms with E-state index < -0.39 is 16.1 Å². The molecule has 1 atom stereocenters. The van der Waals surface area contributed by atoms with Crippen LogP contribution in [0.5, 0.6) is 11.5 Å². The second kappa shape index (κ2) is 16.3.